The third-order valence-electron chi connectivity index (χ3n) is 3.24. The third-order valence-corrected chi connectivity index (χ3v) is 3.24. The van der Waals surface area contributed by atoms with Crippen molar-refractivity contribution in [3.8, 4) is 0 Å². The van der Waals surface area contributed by atoms with Gasteiger partial charge in [-0.2, -0.15) is 0 Å². The number of amides is 1. The number of carbonyl (C=O) groups is 1. The fraction of sp³-hybridized carbons (Fsp3) is 0.538. The quantitative estimate of drug-likeness (QED) is 0.860. The van der Waals surface area contributed by atoms with Gasteiger partial charge in [0.15, 0.2) is 0 Å². The van der Waals surface area contributed by atoms with Crippen molar-refractivity contribution in [3.05, 3.63) is 29.6 Å². The molecule has 0 aliphatic carbocycles. The molecule has 98 valence electrons. The zero-order chi connectivity index (χ0) is 13.0. The Bertz CT molecular complexity index is 405. The SMILES string of the molecule is CCC1COCCN1C(=O)c1ccc(CN)cn1. The number of nitrogens with zero attached hydrogens (tertiary/aromatic N) is 2. The van der Waals surface area contributed by atoms with Crippen LogP contribution < -0.4 is 5.73 Å². The van der Waals surface area contributed by atoms with Gasteiger partial charge in [-0.25, -0.2) is 0 Å². The van der Waals surface area contributed by atoms with Gasteiger partial charge in [-0.05, 0) is 18.1 Å². The van der Waals surface area contributed by atoms with E-state index in [9.17, 15) is 4.79 Å². The molecule has 5 nitrogen and oxygen atoms in total. The summed E-state index contributed by atoms with van der Waals surface area (Å²) in [6.07, 6.45) is 2.56. The highest BCUT2D eigenvalue weighted by molar-refractivity contribution is 5.92. The van der Waals surface area contributed by atoms with Crippen LogP contribution >= 0.6 is 0 Å². The van der Waals surface area contributed by atoms with Gasteiger partial charge in [0.05, 0.1) is 19.3 Å². The summed E-state index contributed by atoms with van der Waals surface area (Å²) in [4.78, 5) is 18.4. The van der Waals surface area contributed by atoms with Gasteiger partial charge >= 0.3 is 0 Å². The van der Waals surface area contributed by atoms with E-state index in [-0.39, 0.29) is 11.9 Å². The Hall–Kier alpha value is -1.46. The third kappa shape index (κ3) is 2.68. The van der Waals surface area contributed by atoms with Crippen LogP contribution in [0.15, 0.2) is 18.3 Å². The first-order valence-electron chi connectivity index (χ1n) is 6.30. The number of ether oxygens (including phenoxy) is 1. The van der Waals surface area contributed by atoms with Crippen molar-refractivity contribution in [2.24, 2.45) is 5.73 Å². The molecule has 1 aliphatic heterocycles. The Balaban J connectivity index is 2.13. The molecule has 1 atom stereocenters. The van der Waals surface area contributed by atoms with Gasteiger partial charge in [-0.3, -0.25) is 9.78 Å². The monoisotopic (exact) mass is 249 g/mol. The second-order valence-electron chi connectivity index (χ2n) is 4.39. The average molecular weight is 249 g/mol. The zero-order valence-electron chi connectivity index (χ0n) is 10.6. The fourth-order valence-corrected chi connectivity index (χ4v) is 2.08. The van der Waals surface area contributed by atoms with Crippen molar-refractivity contribution in [1.82, 2.24) is 9.88 Å². The maximum Gasteiger partial charge on any atom is 0.272 e. The first-order chi connectivity index (χ1) is 8.76. The van der Waals surface area contributed by atoms with Crippen molar-refractivity contribution in [1.29, 1.82) is 0 Å². The lowest BCUT2D eigenvalue weighted by Crippen LogP contribution is -2.48. The van der Waals surface area contributed by atoms with Crippen LogP contribution in [-0.4, -0.2) is 41.6 Å². The molecule has 0 bridgehead atoms. The van der Waals surface area contributed by atoms with Crippen LogP contribution in [0.5, 0.6) is 0 Å². The van der Waals surface area contributed by atoms with E-state index in [4.69, 9.17) is 10.5 Å². The number of hydrogen-bond acceptors (Lipinski definition) is 4. The molecule has 1 fully saturated rings. The second kappa shape index (κ2) is 5.93. The molecule has 5 heteroatoms. The Labute approximate surface area is 107 Å². The van der Waals surface area contributed by atoms with Gasteiger partial charge in [-0.1, -0.05) is 13.0 Å². The van der Waals surface area contributed by atoms with Crippen LogP contribution in [0.4, 0.5) is 0 Å². The minimum Gasteiger partial charge on any atom is -0.377 e. The summed E-state index contributed by atoms with van der Waals surface area (Å²) in [6.45, 7) is 4.35. The zero-order valence-corrected chi connectivity index (χ0v) is 10.6. The fourth-order valence-electron chi connectivity index (χ4n) is 2.08. The first-order valence-corrected chi connectivity index (χ1v) is 6.30. The number of carbonyl (C=O) groups excluding carboxylic acids is 1. The minimum atomic E-state index is -0.0197. The molecule has 0 aromatic carbocycles. The number of aromatic nitrogens is 1. The molecule has 0 saturated carbocycles. The number of rotatable bonds is 3. The molecule has 2 N–H and O–H groups in total. The number of hydrogen-bond donors (Lipinski definition) is 1. The van der Waals surface area contributed by atoms with E-state index in [0.717, 1.165) is 12.0 Å². The smallest absolute Gasteiger partial charge is 0.272 e. The Morgan fingerprint density at radius 2 is 2.44 bits per heavy atom. The maximum absolute atomic E-state index is 12.3. The first kappa shape index (κ1) is 13.0. The van der Waals surface area contributed by atoms with E-state index in [1.165, 1.54) is 0 Å². The molecule has 0 radical (unpaired) electrons. The average Bonchev–Trinajstić information content (AvgIpc) is 2.46. The normalized spacial score (nSPS) is 19.9. The summed E-state index contributed by atoms with van der Waals surface area (Å²) in [6, 6.07) is 3.75. The lowest BCUT2D eigenvalue weighted by molar-refractivity contribution is -0.00310. The van der Waals surface area contributed by atoms with Gasteiger partial charge in [0, 0.05) is 19.3 Å². The van der Waals surface area contributed by atoms with Crippen LogP contribution in [0.2, 0.25) is 0 Å². The highest BCUT2D eigenvalue weighted by Gasteiger charge is 2.27. The predicted octanol–water partition coefficient (Wildman–Crippen LogP) is 0.791. The van der Waals surface area contributed by atoms with Gasteiger partial charge in [0.2, 0.25) is 0 Å². The molecular formula is C13H19N3O2. The highest BCUT2D eigenvalue weighted by Crippen LogP contribution is 2.14. The molecule has 1 aliphatic rings. The molecule has 1 saturated heterocycles. The van der Waals surface area contributed by atoms with Gasteiger partial charge < -0.3 is 15.4 Å². The summed E-state index contributed by atoms with van der Waals surface area (Å²) in [7, 11) is 0. The topological polar surface area (TPSA) is 68.5 Å². The van der Waals surface area contributed by atoms with Crippen LogP contribution in [0.1, 0.15) is 29.4 Å². The van der Waals surface area contributed by atoms with Gasteiger partial charge in [-0.15, -0.1) is 0 Å². The summed E-state index contributed by atoms with van der Waals surface area (Å²) in [5.74, 6) is -0.0197. The molecule has 1 aromatic heterocycles. The standard InChI is InChI=1S/C13H19N3O2/c1-2-11-9-18-6-5-16(11)13(17)12-4-3-10(7-14)8-15-12/h3-4,8,11H,2,5-7,9,14H2,1H3. The lowest BCUT2D eigenvalue weighted by atomic mass is 10.1. The van der Waals surface area contributed by atoms with E-state index in [1.807, 2.05) is 11.0 Å². The molecule has 1 aromatic rings. The highest BCUT2D eigenvalue weighted by atomic mass is 16.5. The summed E-state index contributed by atoms with van der Waals surface area (Å²) in [5, 5.41) is 0. The van der Waals surface area contributed by atoms with Crippen LogP contribution in [0.3, 0.4) is 0 Å². The minimum absolute atomic E-state index is 0.0197. The van der Waals surface area contributed by atoms with Crippen LogP contribution in [0.25, 0.3) is 0 Å². The largest absolute Gasteiger partial charge is 0.377 e. The van der Waals surface area contributed by atoms with Gasteiger partial charge in [0.25, 0.3) is 5.91 Å². The van der Waals surface area contributed by atoms with Crippen molar-refractivity contribution < 1.29 is 9.53 Å². The molecule has 1 unspecified atom stereocenters. The molecule has 2 heterocycles. The van der Waals surface area contributed by atoms with Crippen molar-refractivity contribution in [3.63, 3.8) is 0 Å². The van der Waals surface area contributed by atoms with E-state index >= 15 is 0 Å². The molecule has 1 amide bonds. The summed E-state index contributed by atoms with van der Waals surface area (Å²) in [5.41, 5.74) is 6.92. The molecule has 2 rings (SSSR count). The Morgan fingerprint density at radius 1 is 1.61 bits per heavy atom. The van der Waals surface area contributed by atoms with Crippen molar-refractivity contribution in [2.45, 2.75) is 25.9 Å². The Kier molecular flexibility index (Phi) is 4.28. The van der Waals surface area contributed by atoms with E-state index in [2.05, 4.69) is 11.9 Å². The lowest BCUT2D eigenvalue weighted by Gasteiger charge is -2.34. The summed E-state index contributed by atoms with van der Waals surface area (Å²) < 4.78 is 5.39. The maximum atomic E-state index is 12.3. The Morgan fingerprint density at radius 3 is 3.06 bits per heavy atom. The van der Waals surface area contributed by atoms with Crippen molar-refractivity contribution in [2.75, 3.05) is 19.8 Å². The second-order valence-corrected chi connectivity index (χ2v) is 4.39. The predicted molar refractivity (Wildman–Crippen MR) is 68.1 cm³/mol. The molecular weight excluding hydrogens is 230 g/mol. The van der Waals surface area contributed by atoms with Crippen molar-refractivity contribution >= 4 is 5.91 Å². The van der Waals surface area contributed by atoms with Crippen LogP contribution in [0, 0.1) is 0 Å². The van der Waals surface area contributed by atoms with E-state index < -0.39 is 0 Å². The summed E-state index contributed by atoms with van der Waals surface area (Å²) >= 11 is 0. The number of nitrogens with two attached hydrogens (primary N) is 1. The van der Waals surface area contributed by atoms with Gasteiger partial charge in [0.1, 0.15) is 5.69 Å². The molecule has 18 heavy (non-hydrogen) atoms. The molecule has 0 spiro atoms. The number of pyridine rings is 1. The van der Waals surface area contributed by atoms with E-state index in [0.29, 0.717) is 32.0 Å². The van der Waals surface area contributed by atoms with E-state index in [1.54, 1.807) is 12.3 Å². The van der Waals surface area contributed by atoms with Crippen LogP contribution in [-0.2, 0) is 11.3 Å². The number of morpholine rings is 1.